The van der Waals surface area contributed by atoms with Gasteiger partial charge in [-0.05, 0) is 73.4 Å². The predicted octanol–water partition coefficient (Wildman–Crippen LogP) is 3.81. The van der Waals surface area contributed by atoms with Crippen molar-refractivity contribution in [2.45, 2.75) is 39.2 Å². The summed E-state index contributed by atoms with van der Waals surface area (Å²) in [6.07, 6.45) is 4.15. The van der Waals surface area contributed by atoms with E-state index in [-0.39, 0.29) is 6.04 Å². The number of nitrogens with one attached hydrogen (secondary N) is 1. The molecule has 0 radical (unpaired) electrons. The zero-order valence-electron chi connectivity index (χ0n) is 12.0. The molecule has 1 saturated heterocycles. The topological polar surface area (TPSA) is 28.4 Å². The Balaban J connectivity index is 1.69. The van der Waals surface area contributed by atoms with E-state index in [1.165, 1.54) is 38.9 Å². The van der Waals surface area contributed by atoms with E-state index in [9.17, 15) is 0 Å². The average Bonchev–Trinajstić information content (AvgIpc) is 2.84. The van der Waals surface area contributed by atoms with Crippen LogP contribution in [0, 0.1) is 5.92 Å². The lowest BCUT2D eigenvalue weighted by atomic mass is 10.1. The summed E-state index contributed by atoms with van der Waals surface area (Å²) in [7, 11) is 0. The lowest BCUT2D eigenvalue weighted by Crippen LogP contribution is -2.37. The number of nitrogens with zero attached hydrogens (tertiary/aromatic N) is 1. The van der Waals surface area contributed by atoms with Gasteiger partial charge in [-0.1, -0.05) is 13.3 Å². The summed E-state index contributed by atoms with van der Waals surface area (Å²) < 4.78 is 6.37. The normalized spacial score (nSPS) is 20.4. The Kier molecular flexibility index (Phi) is 5.92. The molecule has 2 rings (SSSR count). The second kappa shape index (κ2) is 7.46. The first-order chi connectivity index (χ1) is 9.15. The number of furan rings is 1. The fourth-order valence-electron chi connectivity index (χ4n) is 2.69. The molecular formula is C15H25BrN2O. The SMILES string of the molecule is CC(CNC(C)c1ccc(Br)o1)CN1CCCCC1. The highest BCUT2D eigenvalue weighted by Crippen LogP contribution is 2.20. The van der Waals surface area contributed by atoms with Crippen LogP contribution in [0.25, 0.3) is 0 Å². The van der Waals surface area contributed by atoms with Crippen molar-refractivity contribution in [1.29, 1.82) is 0 Å². The molecule has 1 aliphatic rings. The lowest BCUT2D eigenvalue weighted by Gasteiger charge is -2.29. The third kappa shape index (κ3) is 4.93. The molecule has 1 aliphatic heterocycles. The second-order valence-corrected chi connectivity index (χ2v) is 6.52. The summed E-state index contributed by atoms with van der Waals surface area (Å²) >= 11 is 3.35. The minimum Gasteiger partial charge on any atom is -0.453 e. The third-order valence-electron chi connectivity index (χ3n) is 3.81. The highest BCUT2D eigenvalue weighted by Gasteiger charge is 2.15. The number of halogens is 1. The average molecular weight is 329 g/mol. The maximum Gasteiger partial charge on any atom is 0.169 e. The van der Waals surface area contributed by atoms with E-state index in [1.807, 2.05) is 12.1 Å². The van der Waals surface area contributed by atoms with Crippen molar-refractivity contribution in [3.05, 3.63) is 22.6 Å². The number of likely N-dealkylation sites (tertiary alicyclic amines) is 1. The Hall–Kier alpha value is -0.320. The molecule has 2 atom stereocenters. The van der Waals surface area contributed by atoms with Crippen LogP contribution in [0.5, 0.6) is 0 Å². The molecule has 0 aromatic carbocycles. The molecule has 0 amide bonds. The van der Waals surface area contributed by atoms with E-state index in [1.54, 1.807) is 0 Å². The fourth-order valence-corrected chi connectivity index (χ4v) is 3.01. The maximum atomic E-state index is 5.57. The number of hydrogen-bond donors (Lipinski definition) is 1. The van der Waals surface area contributed by atoms with Crippen LogP contribution in [0.4, 0.5) is 0 Å². The Morgan fingerprint density at radius 3 is 2.63 bits per heavy atom. The molecule has 19 heavy (non-hydrogen) atoms. The standard InChI is InChI=1S/C15H25BrN2O/c1-12(11-18-8-4-3-5-9-18)10-17-13(2)14-6-7-15(16)19-14/h6-7,12-13,17H,3-5,8-11H2,1-2H3. The van der Waals surface area contributed by atoms with Gasteiger partial charge < -0.3 is 14.6 Å². The minimum absolute atomic E-state index is 0.273. The summed E-state index contributed by atoms with van der Waals surface area (Å²) in [5.41, 5.74) is 0. The molecule has 1 fully saturated rings. The molecule has 3 nitrogen and oxygen atoms in total. The summed E-state index contributed by atoms with van der Waals surface area (Å²) in [4.78, 5) is 2.60. The smallest absolute Gasteiger partial charge is 0.169 e. The van der Waals surface area contributed by atoms with E-state index in [2.05, 4.69) is 40.0 Å². The van der Waals surface area contributed by atoms with E-state index < -0.39 is 0 Å². The van der Waals surface area contributed by atoms with Crippen molar-refractivity contribution in [1.82, 2.24) is 10.2 Å². The second-order valence-electron chi connectivity index (χ2n) is 5.74. The zero-order chi connectivity index (χ0) is 13.7. The molecule has 4 heteroatoms. The van der Waals surface area contributed by atoms with Gasteiger partial charge in [-0.2, -0.15) is 0 Å². The molecule has 1 aromatic heterocycles. The van der Waals surface area contributed by atoms with Crippen molar-refractivity contribution in [2.75, 3.05) is 26.2 Å². The molecule has 0 bridgehead atoms. The summed E-state index contributed by atoms with van der Waals surface area (Å²) in [5, 5.41) is 3.56. The van der Waals surface area contributed by atoms with Crippen LogP contribution in [0.3, 0.4) is 0 Å². The predicted molar refractivity (Wildman–Crippen MR) is 82.3 cm³/mol. The molecule has 2 unspecified atom stereocenters. The first kappa shape index (κ1) is 15.1. The van der Waals surface area contributed by atoms with Gasteiger partial charge in [0.05, 0.1) is 6.04 Å². The van der Waals surface area contributed by atoms with Gasteiger partial charge in [0.1, 0.15) is 5.76 Å². The molecule has 1 N–H and O–H groups in total. The largest absolute Gasteiger partial charge is 0.453 e. The summed E-state index contributed by atoms with van der Waals surface area (Å²) in [6, 6.07) is 4.25. The third-order valence-corrected chi connectivity index (χ3v) is 4.24. The molecule has 2 heterocycles. The van der Waals surface area contributed by atoms with Crippen LogP contribution < -0.4 is 5.32 Å². The van der Waals surface area contributed by atoms with Crippen LogP contribution in [-0.2, 0) is 0 Å². The lowest BCUT2D eigenvalue weighted by molar-refractivity contribution is 0.197. The molecule has 0 saturated carbocycles. The van der Waals surface area contributed by atoms with Crippen LogP contribution >= 0.6 is 15.9 Å². The van der Waals surface area contributed by atoms with Gasteiger partial charge in [0.15, 0.2) is 4.67 Å². The van der Waals surface area contributed by atoms with Gasteiger partial charge in [0.2, 0.25) is 0 Å². The van der Waals surface area contributed by atoms with Gasteiger partial charge in [0, 0.05) is 6.54 Å². The van der Waals surface area contributed by atoms with E-state index in [0.29, 0.717) is 5.92 Å². The van der Waals surface area contributed by atoms with Crippen molar-refractivity contribution >= 4 is 15.9 Å². The Morgan fingerprint density at radius 1 is 1.26 bits per heavy atom. The van der Waals surface area contributed by atoms with E-state index in [4.69, 9.17) is 4.42 Å². The highest BCUT2D eigenvalue weighted by molar-refractivity contribution is 9.10. The maximum absolute atomic E-state index is 5.57. The van der Waals surface area contributed by atoms with E-state index >= 15 is 0 Å². The number of piperidine rings is 1. The van der Waals surface area contributed by atoms with Gasteiger partial charge in [-0.25, -0.2) is 0 Å². The first-order valence-corrected chi connectivity index (χ1v) is 8.15. The Morgan fingerprint density at radius 2 is 2.00 bits per heavy atom. The number of hydrogen-bond acceptors (Lipinski definition) is 3. The van der Waals surface area contributed by atoms with Crippen LogP contribution in [0.1, 0.15) is 44.9 Å². The van der Waals surface area contributed by atoms with Gasteiger partial charge in [-0.15, -0.1) is 0 Å². The molecule has 0 spiro atoms. The van der Waals surface area contributed by atoms with Crippen LogP contribution in [0.15, 0.2) is 21.2 Å². The van der Waals surface area contributed by atoms with E-state index in [0.717, 1.165) is 17.0 Å². The Labute approximate surface area is 124 Å². The quantitative estimate of drug-likeness (QED) is 0.860. The van der Waals surface area contributed by atoms with Crippen molar-refractivity contribution in [2.24, 2.45) is 5.92 Å². The van der Waals surface area contributed by atoms with Crippen molar-refractivity contribution < 1.29 is 4.42 Å². The monoisotopic (exact) mass is 328 g/mol. The Bertz CT molecular complexity index is 374. The first-order valence-electron chi connectivity index (χ1n) is 7.36. The van der Waals surface area contributed by atoms with Gasteiger partial charge >= 0.3 is 0 Å². The molecule has 0 aliphatic carbocycles. The van der Waals surface area contributed by atoms with Crippen LogP contribution in [0.2, 0.25) is 0 Å². The fraction of sp³-hybridized carbons (Fsp3) is 0.733. The highest BCUT2D eigenvalue weighted by atomic mass is 79.9. The minimum atomic E-state index is 0.273. The van der Waals surface area contributed by atoms with Crippen molar-refractivity contribution in [3.63, 3.8) is 0 Å². The zero-order valence-corrected chi connectivity index (χ0v) is 13.6. The van der Waals surface area contributed by atoms with Gasteiger partial charge in [-0.3, -0.25) is 0 Å². The molecule has 108 valence electrons. The summed E-state index contributed by atoms with van der Waals surface area (Å²) in [6.45, 7) is 9.29. The van der Waals surface area contributed by atoms with Crippen LogP contribution in [-0.4, -0.2) is 31.1 Å². The molecule has 1 aromatic rings. The number of rotatable bonds is 6. The van der Waals surface area contributed by atoms with Gasteiger partial charge in [0.25, 0.3) is 0 Å². The summed E-state index contributed by atoms with van der Waals surface area (Å²) in [5.74, 6) is 1.68. The molecular weight excluding hydrogens is 304 g/mol. The van der Waals surface area contributed by atoms with Crippen molar-refractivity contribution in [3.8, 4) is 0 Å².